The van der Waals surface area contributed by atoms with Gasteiger partial charge < -0.3 is 24.8 Å². The molecule has 3 heteroatoms. The summed E-state index contributed by atoms with van der Waals surface area (Å²) >= 11 is 1.46. The van der Waals surface area contributed by atoms with Gasteiger partial charge in [-0.25, -0.2) is 5.57 Å². The summed E-state index contributed by atoms with van der Waals surface area (Å²) in [6, 6.07) is 31.1. The maximum absolute atomic E-state index is 3.37. The fourth-order valence-electron chi connectivity index (χ4n) is 5.79. The fraction of sp³-hybridized carbons (Fsp3) is 0.333. The van der Waals surface area contributed by atoms with Crippen LogP contribution in [0.2, 0.25) is 0 Å². The summed E-state index contributed by atoms with van der Waals surface area (Å²) in [6.07, 6.45) is 5.68. The number of hydrogen-bond donors (Lipinski definition) is 0. The molecule has 0 aromatic heterocycles. The van der Waals surface area contributed by atoms with Crippen LogP contribution in [0.25, 0.3) is 32.3 Å². The molecule has 0 spiro atoms. The molecule has 1 atom stereocenters. The molecule has 6 rings (SSSR count). The Morgan fingerprint density at radius 2 is 1.24 bits per heavy atom. The van der Waals surface area contributed by atoms with E-state index in [4.69, 9.17) is 0 Å². The maximum atomic E-state index is 3.37. The molecule has 236 valence electrons. The Kier molecular flexibility index (Phi) is 13.9. The van der Waals surface area contributed by atoms with E-state index in [0.717, 1.165) is 0 Å². The second kappa shape index (κ2) is 16.1. The van der Waals surface area contributed by atoms with Gasteiger partial charge in [0.25, 0.3) is 0 Å². The van der Waals surface area contributed by atoms with E-state index in [-0.39, 0.29) is 35.6 Å². The molecule has 0 amide bonds. The Morgan fingerprint density at radius 3 is 1.67 bits per heavy atom. The monoisotopic (exact) mass is 712 g/mol. The van der Waals surface area contributed by atoms with Gasteiger partial charge in [0.05, 0.1) is 0 Å². The molecular weight excluding hydrogens is 667 g/mol. The first-order valence-corrected chi connectivity index (χ1v) is 17.1. The summed E-state index contributed by atoms with van der Waals surface area (Å²) in [5.41, 5.74) is 7.38. The molecule has 1 aliphatic rings. The zero-order valence-corrected chi connectivity index (χ0v) is 32.6. The molecule has 0 saturated heterocycles. The molecule has 0 aliphatic heterocycles. The second-order valence-corrected chi connectivity index (χ2v) is 15.0. The normalized spacial score (nSPS) is 14.5. The van der Waals surface area contributed by atoms with Crippen LogP contribution in [0.1, 0.15) is 85.9 Å². The van der Waals surface area contributed by atoms with Crippen LogP contribution in [0.15, 0.2) is 102 Å². The molecule has 1 aliphatic carbocycles. The fourth-order valence-corrected chi connectivity index (χ4v) is 6.41. The van der Waals surface area contributed by atoms with Crippen molar-refractivity contribution in [1.82, 2.24) is 0 Å². The van der Waals surface area contributed by atoms with E-state index in [9.17, 15) is 0 Å². The summed E-state index contributed by atoms with van der Waals surface area (Å²) in [4.78, 5) is 0. The van der Waals surface area contributed by atoms with E-state index in [1.54, 1.807) is 0 Å². The van der Waals surface area contributed by atoms with Crippen molar-refractivity contribution in [3.63, 3.8) is 0 Å². The third-order valence-electron chi connectivity index (χ3n) is 8.35. The number of allylic oxidation sites excluding steroid dienone is 4. The van der Waals surface area contributed by atoms with E-state index < -0.39 is 0 Å². The summed E-state index contributed by atoms with van der Waals surface area (Å²) in [5.74, 6) is 1.20. The van der Waals surface area contributed by atoms with Crippen molar-refractivity contribution in [2.45, 2.75) is 80.1 Å². The standard InChI is InChI=1S/C21H25.C11H8.C10H15.2ClH.Zr/c1-20(2,3)16-9-7-14-11-15-8-10-17(21(4,5)6)13-19(15)18(14)12-16;1-9-5-4-7-10-6-2-3-8-11(9)10;1-7(2)10-6-8(3)5-9(10)4;;;/h7-13H,1-6H3;1-8H;6-8H,1-4H3;2*1H;/q-1;;-1;;;+2/p-2. The minimum absolute atomic E-state index is 0. The van der Waals surface area contributed by atoms with Gasteiger partial charge in [-0.3, -0.25) is 6.08 Å². The Bertz CT molecular complexity index is 1730. The molecule has 45 heavy (non-hydrogen) atoms. The predicted octanol–water partition coefficient (Wildman–Crippen LogP) is 5.82. The zero-order chi connectivity index (χ0) is 31.5. The van der Waals surface area contributed by atoms with Crippen LogP contribution in [0.4, 0.5) is 0 Å². The van der Waals surface area contributed by atoms with Crippen molar-refractivity contribution in [2.75, 3.05) is 0 Å². The van der Waals surface area contributed by atoms with Crippen LogP contribution < -0.4 is 24.8 Å². The first kappa shape index (κ1) is 39.0. The Morgan fingerprint density at radius 1 is 0.733 bits per heavy atom. The van der Waals surface area contributed by atoms with Crippen LogP contribution in [0.3, 0.4) is 0 Å². The Labute approximate surface area is 299 Å². The molecule has 0 radical (unpaired) electrons. The van der Waals surface area contributed by atoms with Gasteiger partial charge in [0, 0.05) is 0 Å². The van der Waals surface area contributed by atoms with E-state index >= 15 is 0 Å². The third-order valence-corrected chi connectivity index (χ3v) is 9.11. The summed E-state index contributed by atoms with van der Waals surface area (Å²) in [7, 11) is 0. The molecule has 1 unspecified atom stereocenters. The van der Waals surface area contributed by atoms with Crippen molar-refractivity contribution in [1.29, 1.82) is 0 Å². The molecule has 0 bridgehead atoms. The van der Waals surface area contributed by atoms with Gasteiger partial charge in [0.2, 0.25) is 0 Å². The van der Waals surface area contributed by atoms with E-state index in [1.165, 1.54) is 84.4 Å². The van der Waals surface area contributed by atoms with Gasteiger partial charge in [-0.1, -0.05) is 116 Å². The van der Waals surface area contributed by atoms with Crippen molar-refractivity contribution in [2.24, 2.45) is 11.8 Å². The molecule has 0 saturated carbocycles. The molecule has 5 aromatic rings. The van der Waals surface area contributed by atoms with Gasteiger partial charge >= 0.3 is 86.7 Å². The molecule has 0 fully saturated rings. The minimum atomic E-state index is 0. The van der Waals surface area contributed by atoms with E-state index in [0.29, 0.717) is 11.8 Å². The molecule has 0 heterocycles. The SMILES string of the molecule is CC(C)(C)c1ccc2[cH-]c3ccc(C(C)(C)C)cc3c2c1.CC1=[C-]C(C)C=C1C(C)C.[Cl-].[Cl-].[Zr+2]=[CH]c1cccc2ccccc12. The molecular formula is C42H48Cl2Zr-2. The average Bonchev–Trinajstić information content (AvgIpc) is 3.50. The zero-order valence-electron chi connectivity index (χ0n) is 28.6. The number of hydrogen-bond acceptors (Lipinski definition) is 0. The van der Waals surface area contributed by atoms with Crippen LogP contribution in [0.5, 0.6) is 0 Å². The molecule has 0 nitrogen and oxygen atoms in total. The number of benzene rings is 4. The topological polar surface area (TPSA) is 0 Å². The van der Waals surface area contributed by atoms with Gasteiger partial charge in [0.1, 0.15) is 0 Å². The van der Waals surface area contributed by atoms with E-state index in [2.05, 4.69) is 170 Å². The van der Waals surface area contributed by atoms with Crippen molar-refractivity contribution >= 4 is 36.0 Å². The third kappa shape index (κ3) is 9.67. The van der Waals surface area contributed by atoms with Crippen LogP contribution in [0, 0.1) is 17.9 Å². The van der Waals surface area contributed by atoms with Crippen LogP contribution in [-0.4, -0.2) is 3.71 Å². The van der Waals surface area contributed by atoms with Gasteiger partial charge in [0.15, 0.2) is 0 Å². The van der Waals surface area contributed by atoms with Gasteiger partial charge in [-0.05, 0) is 10.8 Å². The summed E-state index contributed by atoms with van der Waals surface area (Å²) in [5, 5.41) is 8.17. The molecule has 0 N–H and O–H groups in total. The summed E-state index contributed by atoms with van der Waals surface area (Å²) in [6.45, 7) is 22.5. The average molecular weight is 715 g/mol. The Balaban J connectivity index is 0.000000251. The van der Waals surface area contributed by atoms with Crippen LogP contribution >= 0.6 is 0 Å². The Hall–Kier alpha value is -2.18. The summed E-state index contributed by atoms with van der Waals surface area (Å²) < 4.78 is 2.23. The van der Waals surface area contributed by atoms with E-state index in [1.807, 2.05) is 0 Å². The van der Waals surface area contributed by atoms with Crippen molar-refractivity contribution in [3.8, 4) is 0 Å². The first-order valence-electron chi connectivity index (χ1n) is 15.6. The quantitative estimate of drug-likeness (QED) is 0.203. The first-order chi connectivity index (χ1) is 20.2. The van der Waals surface area contributed by atoms with Crippen molar-refractivity contribution in [3.05, 3.63) is 125 Å². The number of fused-ring (bicyclic) bond motifs is 4. The van der Waals surface area contributed by atoms with Gasteiger partial charge in [-0.15, -0.1) is 39.7 Å². The van der Waals surface area contributed by atoms with Crippen LogP contribution in [-0.2, 0) is 35.1 Å². The number of rotatable bonds is 2. The van der Waals surface area contributed by atoms with Crippen molar-refractivity contribution < 1.29 is 49.0 Å². The molecule has 5 aromatic carbocycles. The second-order valence-electron chi connectivity index (χ2n) is 14.3. The predicted molar refractivity (Wildman–Crippen MR) is 188 cm³/mol. The number of halogens is 2. The van der Waals surface area contributed by atoms with Gasteiger partial charge in [-0.2, -0.15) is 11.6 Å².